The molecule has 0 N–H and O–H groups in total. The highest BCUT2D eigenvalue weighted by Crippen LogP contribution is 2.26. The fourth-order valence-electron chi connectivity index (χ4n) is 5.64. The van der Waals surface area contributed by atoms with Gasteiger partial charge in [0.05, 0.1) is 0 Å². The van der Waals surface area contributed by atoms with Crippen molar-refractivity contribution >= 4 is 157 Å². The van der Waals surface area contributed by atoms with Crippen molar-refractivity contribution in [2.24, 2.45) is 0 Å². The lowest BCUT2D eigenvalue weighted by Crippen LogP contribution is -2.56. The zero-order valence-electron chi connectivity index (χ0n) is 21.6. The molecule has 3 aromatic carbocycles. The molecule has 0 aliphatic rings. The lowest BCUT2D eigenvalue weighted by molar-refractivity contribution is 0.884. The fraction of sp³-hybridized carbons (Fsp3) is 0.158. The number of hydrogen-bond acceptors (Lipinski definition) is 0. The Morgan fingerprint density at radius 1 is 0.367 bits per heavy atom. The van der Waals surface area contributed by atoms with Gasteiger partial charge < -0.3 is 0 Å². The number of rotatable bonds is 2. The van der Waals surface area contributed by atoms with Crippen LogP contribution in [0.3, 0.4) is 0 Å². The largest absolute Gasteiger partial charge is 0.139 e. The summed E-state index contributed by atoms with van der Waals surface area (Å²) in [5.41, 5.74) is 20.3. The number of fused-ring (bicyclic) bond motifs is 1. The second-order valence-electron chi connectivity index (χ2n) is 9.94. The summed E-state index contributed by atoms with van der Waals surface area (Å²) in [4.78, 5) is 0. The Kier molecular flexibility index (Phi) is 6.18. The van der Waals surface area contributed by atoms with Crippen molar-refractivity contribution in [3.05, 3.63) is 5.56 Å². The Hall–Kier alpha value is -1.37. The first kappa shape index (κ1) is 23.3. The summed E-state index contributed by atoms with van der Waals surface area (Å²) in [6, 6.07) is 0. The highest BCUT2D eigenvalue weighted by atomic mass is 14.2. The molecule has 0 atom stereocenters. The average molecular weight is 376 g/mol. The van der Waals surface area contributed by atoms with Crippen LogP contribution < -0.4 is 60.1 Å². The highest BCUT2D eigenvalue weighted by molar-refractivity contribution is 6.71. The van der Waals surface area contributed by atoms with Gasteiger partial charge in [-0.05, 0) is 33.4 Å². The second-order valence-corrected chi connectivity index (χ2v) is 9.94. The summed E-state index contributed by atoms with van der Waals surface area (Å²) in [6.45, 7) is 4.70. The lowest BCUT2D eigenvalue weighted by atomic mass is 9.56. The Labute approximate surface area is 193 Å². The van der Waals surface area contributed by atoms with Gasteiger partial charge in [-0.1, -0.05) is 46.6 Å². The van der Waals surface area contributed by atoms with Crippen LogP contribution in [0.25, 0.3) is 21.9 Å². The zero-order valence-corrected chi connectivity index (χ0v) is 21.6. The minimum Gasteiger partial charge on any atom is -0.102 e. The van der Waals surface area contributed by atoms with Gasteiger partial charge in [-0.25, -0.2) is 0 Å². The molecule has 3 rings (SSSR count). The van der Waals surface area contributed by atoms with E-state index in [2.05, 4.69) is 100 Å². The first-order valence-corrected chi connectivity index (χ1v) is 11.4. The maximum absolute atomic E-state index is 2.35. The van der Waals surface area contributed by atoms with E-state index in [9.17, 15) is 0 Å². The van der Waals surface area contributed by atoms with Gasteiger partial charge in [0.15, 0.2) is 0 Å². The van der Waals surface area contributed by atoms with Crippen molar-refractivity contribution in [2.75, 3.05) is 0 Å². The van der Waals surface area contributed by atoms with E-state index < -0.39 is 0 Å². The first-order chi connectivity index (χ1) is 13.8. The van der Waals surface area contributed by atoms with Crippen LogP contribution in [0.1, 0.15) is 25.3 Å². The van der Waals surface area contributed by atoms with Gasteiger partial charge in [-0.3, -0.25) is 0 Å². The maximum atomic E-state index is 2.35. The predicted octanol–water partition coefficient (Wildman–Crippen LogP) is -13.5. The molecule has 11 heteroatoms. The monoisotopic (exact) mass is 378 g/mol. The lowest BCUT2D eigenvalue weighted by Gasteiger charge is -2.30. The molecule has 0 bridgehead atoms. The molecule has 0 aliphatic heterocycles. The molecule has 30 heavy (non-hydrogen) atoms. The van der Waals surface area contributed by atoms with Crippen molar-refractivity contribution in [1.82, 2.24) is 0 Å². The van der Waals surface area contributed by atoms with Gasteiger partial charge in [0, 0.05) is 0 Å². The zero-order chi connectivity index (χ0) is 22.8. The van der Waals surface area contributed by atoms with Crippen LogP contribution in [0, 0.1) is 0 Å². The van der Waals surface area contributed by atoms with Crippen molar-refractivity contribution < 1.29 is 0 Å². The third-order valence-corrected chi connectivity index (χ3v) is 8.38. The van der Waals surface area contributed by atoms with Crippen LogP contribution in [0.5, 0.6) is 0 Å². The van der Waals surface area contributed by atoms with Crippen LogP contribution in [0.2, 0.25) is 0 Å². The molecule has 0 aliphatic carbocycles. The summed E-state index contributed by atoms with van der Waals surface area (Å²) in [6.07, 6.45) is 0. The van der Waals surface area contributed by atoms with Gasteiger partial charge in [-0.15, -0.1) is 27.3 Å². The molecule has 0 heterocycles. The van der Waals surface area contributed by atoms with E-state index in [4.69, 9.17) is 0 Å². The summed E-state index contributed by atoms with van der Waals surface area (Å²) >= 11 is 0. The number of hydrogen-bond donors (Lipinski definition) is 0. The van der Waals surface area contributed by atoms with Crippen molar-refractivity contribution in [2.45, 2.75) is 19.8 Å². The second kappa shape index (κ2) is 7.96. The SMILES string of the molecule is Bc1c(B)c(B)c(-c2c(B)c(B)c(C(C)C)c3c(B)c(B)c(B)c(B)c23)c(B)c1B. The molecule has 3 aromatic rings. The molecule has 0 spiro atoms. The van der Waals surface area contributed by atoms with Crippen LogP contribution in [0.4, 0.5) is 0 Å². The van der Waals surface area contributed by atoms with Crippen molar-refractivity contribution in [1.29, 1.82) is 0 Å². The van der Waals surface area contributed by atoms with Gasteiger partial charge >= 0.3 is 0 Å². The Morgan fingerprint density at radius 2 is 0.700 bits per heavy atom. The minimum absolute atomic E-state index is 0.504. The summed E-state index contributed by atoms with van der Waals surface area (Å²) < 4.78 is 0. The molecular weight excluding hydrogens is 347 g/mol. The smallest absolute Gasteiger partial charge is 0.102 e. The Balaban J connectivity index is 2.76. The van der Waals surface area contributed by atoms with E-state index in [-0.39, 0.29) is 0 Å². The fourth-order valence-corrected chi connectivity index (χ4v) is 5.64. The van der Waals surface area contributed by atoms with Crippen LogP contribution in [-0.2, 0) is 0 Å². The van der Waals surface area contributed by atoms with Crippen LogP contribution in [-0.4, -0.2) is 86.3 Å². The van der Waals surface area contributed by atoms with Gasteiger partial charge in [0.1, 0.15) is 86.3 Å². The van der Waals surface area contributed by atoms with E-state index in [1.807, 2.05) is 0 Å². The summed E-state index contributed by atoms with van der Waals surface area (Å²) in [7, 11) is 25.5. The Bertz CT molecular complexity index is 1200. The van der Waals surface area contributed by atoms with Gasteiger partial charge in [0.2, 0.25) is 0 Å². The number of benzene rings is 3. The molecule has 0 unspecified atom stereocenters. The molecule has 0 saturated carbocycles. The van der Waals surface area contributed by atoms with Crippen LogP contribution >= 0.6 is 0 Å². The minimum atomic E-state index is 0.504. The third-order valence-electron chi connectivity index (χ3n) is 8.38. The third kappa shape index (κ3) is 3.14. The van der Waals surface area contributed by atoms with Gasteiger partial charge in [0.25, 0.3) is 0 Å². The molecule has 0 radical (unpaired) electrons. The topological polar surface area (TPSA) is 0 Å². The average Bonchev–Trinajstić information content (AvgIpc) is 2.70. The van der Waals surface area contributed by atoms with E-state index >= 15 is 0 Å². The van der Waals surface area contributed by atoms with Gasteiger partial charge in [-0.2, -0.15) is 0 Å². The summed E-state index contributed by atoms with van der Waals surface area (Å²) in [5.74, 6) is 0.504. The van der Waals surface area contributed by atoms with Crippen molar-refractivity contribution in [3.8, 4) is 11.1 Å². The van der Waals surface area contributed by atoms with E-state index in [0.29, 0.717) is 5.92 Å². The molecular formula is C19H29B11. The highest BCUT2D eigenvalue weighted by Gasteiger charge is 2.24. The quantitative estimate of drug-likeness (QED) is 0.390. The maximum Gasteiger partial charge on any atom is 0.139 e. The Morgan fingerprint density at radius 3 is 1.13 bits per heavy atom. The van der Waals surface area contributed by atoms with Crippen LogP contribution in [0.15, 0.2) is 0 Å². The molecule has 0 saturated heterocycles. The summed E-state index contributed by atoms with van der Waals surface area (Å²) in [5, 5.41) is 2.98. The van der Waals surface area contributed by atoms with Crippen molar-refractivity contribution in [3.63, 3.8) is 0 Å². The molecule has 0 aromatic heterocycles. The predicted molar refractivity (Wildman–Crippen MR) is 173 cm³/mol. The van der Waals surface area contributed by atoms with E-state index in [1.165, 1.54) is 87.6 Å². The molecule has 138 valence electrons. The van der Waals surface area contributed by atoms with E-state index in [0.717, 1.165) is 0 Å². The normalized spacial score (nSPS) is 11.4. The molecule has 0 fully saturated rings. The standard InChI is InChI=1S/C19H29B11/c1-3(2)4-5-6(12(23)16(27)15(26)11(5)22)7(10(21)9(4)20)8-13(24)17(28)19(30)18(29)14(8)25/h3H,20-30H2,1-2H3. The first-order valence-electron chi connectivity index (χ1n) is 11.4. The molecule has 0 nitrogen and oxygen atoms in total. The van der Waals surface area contributed by atoms with E-state index in [1.54, 1.807) is 0 Å². The molecule has 0 amide bonds.